The number of nitrogens with two attached hydrogens (primary N) is 1. The summed E-state index contributed by atoms with van der Waals surface area (Å²) >= 11 is 0. The SMILES string of the molecule is CCCCCCCCCCCCCC(=O)N(CCCCCCCCCCCC)[C@@H]1O[C@H](CO)[C@@H](O)[C@H](O)[C@H]1NC(=O)CN. The Morgan fingerprint density at radius 3 is 1.58 bits per heavy atom. The number of unbranched alkanes of at least 4 members (excludes halogenated alkanes) is 19. The summed E-state index contributed by atoms with van der Waals surface area (Å²) in [6, 6.07) is -1.04. The number of nitrogens with one attached hydrogen (secondary N) is 1. The zero-order chi connectivity index (χ0) is 31.7. The average molecular weight is 614 g/mol. The fourth-order valence-corrected chi connectivity index (χ4v) is 6.01. The quantitative estimate of drug-likeness (QED) is 0.0789. The van der Waals surface area contributed by atoms with Crippen LogP contribution in [0.3, 0.4) is 0 Å². The molecule has 0 aliphatic carbocycles. The highest BCUT2D eigenvalue weighted by Gasteiger charge is 2.47. The number of carbonyl (C=O) groups excluding carboxylic acids is 2. The Labute approximate surface area is 262 Å². The van der Waals surface area contributed by atoms with E-state index in [9.17, 15) is 24.9 Å². The van der Waals surface area contributed by atoms with E-state index in [-0.39, 0.29) is 12.5 Å². The molecule has 254 valence electrons. The summed E-state index contributed by atoms with van der Waals surface area (Å²) < 4.78 is 6.00. The number of hydrogen-bond donors (Lipinski definition) is 5. The summed E-state index contributed by atoms with van der Waals surface area (Å²) in [5, 5.41) is 33.8. The topological polar surface area (TPSA) is 145 Å². The third-order valence-electron chi connectivity index (χ3n) is 8.79. The molecule has 1 rings (SSSR count). The van der Waals surface area contributed by atoms with Crippen molar-refractivity contribution in [3.63, 3.8) is 0 Å². The Morgan fingerprint density at radius 2 is 1.14 bits per heavy atom. The highest BCUT2D eigenvalue weighted by atomic mass is 16.5. The number of carbonyl (C=O) groups is 2. The van der Waals surface area contributed by atoms with Crippen molar-refractivity contribution < 1.29 is 29.6 Å². The van der Waals surface area contributed by atoms with Crippen molar-refractivity contribution in [1.29, 1.82) is 0 Å². The lowest BCUT2D eigenvalue weighted by atomic mass is 9.94. The number of aliphatic hydroxyl groups is 3. The van der Waals surface area contributed by atoms with Crippen molar-refractivity contribution in [2.24, 2.45) is 5.73 Å². The predicted octanol–water partition coefficient (Wildman–Crippen LogP) is 5.32. The van der Waals surface area contributed by atoms with Crippen LogP contribution in [-0.2, 0) is 14.3 Å². The van der Waals surface area contributed by atoms with Crippen molar-refractivity contribution in [2.45, 2.75) is 186 Å². The Bertz CT molecular complexity index is 697. The van der Waals surface area contributed by atoms with Crippen molar-refractivity contribution in [2.75, 3.05) is 19.7 Å². The molecule has 6 N–H and O–H groups in total. The molecule has 0 saturated carbocycles. The van der Waals surface area contributed by atoms with E-state index >= 15 is 0 Å². The zero-order valence-corrected chi connectivity index (χ0v) is 27.7. The van der Waals surface area contributed by atoms with E-state index in [0.717, 1.165) is 38.5 Å². The van der Waals surface area contributed by atoms with Gasteiger partial charge in [-0.15, -0.1) is 0 Å². The second kappa shape index (κ2) is 26.0. The summed E-state index contributed by atoms with van der Waals surface area (Å²) in [5.74, 6) is -0.604. The van der Waals surface area contributed by atoms with Crippen LogP contribution in [0.1, 0.15) is 155 Å². The summed E-state index contributed by atoms with van der Waals surface area (Å²) in [5.41, 5.74) is 5.51. The molecule has 0 aromatic heterocycles. The lowest BCUT2D eigenvalue weighted by Crippen LogP contribution is -2.69. The van der Waals surface area contributed by atoms with Gasteiger partial charge in [-0.25, -0.2) is 0 Å². The van der Waals surface area contributed by atoms with Crippen LogP contribution in [0, 0.1) is 0 Å². The normalized spacial score (nSPS) is 22.0. The second-order valence-corrected chi connectivity index (χ2v) is 12.6. The molecule has 2 amide bonds. The van der Waals surface area contributed by atoms with Crippen LogP contribution in [0.2, 0.25) is 0 Å². The summed E-state index contributed by atoms with van der Waals surface area (Å²) in [6.45, 7) is 4.09. The van der Waals surface area contributed by atoms with Crippen LogP contribution < -0.4 is 11.1 Å². The lowest BCUT2D eigenvalue weighted by molar-refractivity contribution is -0.231. The molecule has 43 heavy (non-hydrogen) atoms. The number of hydrogen-bond acceptors (Lipinski definition) is 7. The monoisotopic (exact) mass is 614 g/mol. The van der Waals surface area contributed by atoms with Crippen molar-refractivity contribution in [3.05, 3.63) is 0 Å². The smallest absolute Gasteiger partial charge is 0.234 e. The molecule has 0 bridgehead atoms. The number of nitrogens with zero attached hydrogens (tertiary/aromatic N) is 1. The molecule has 1 aliphatic heterocycles. The molecule has 0 spiro atoms. The summed E-state index contributed by atoms with van der Waals surface area (Å²) in [7, 11) is 0. The largest absolute Gasteiger partial charge is 0.394 e. The van der Waals surface area contributed by atoms with Gasteiger partial charge in [0.05, 0.1) is 13.2 Å². The van der Waals surface area contributed by atoms with E-state index in [1.165, 1.54) is 96.3 Å². The molecule has 1 saturated heterocycles. The third kappa shape index (κ3) is 17.1. The van der Waals surface area contributed by atoms with E-state index < -0.39 is 43.1 Å². The lowest BCUT2D eigenvalue weighted by Gasteiger charge is -2.46. The van der Waals surface area contributed by atoms with Crippen LogP contribution in [0.4, 0.5) is 0 Å². The zero-order valence-electron chi connectivity index (χ0n) is 27.7. The Kier molecular flexibility index (Phi) is 24.0. The van der Waals surface area contributed by atoms with Gasteiger partial charge in [0.1, 0.15) is 24.4 Å². The minimum Gasteiger partial charge on any atom is -0.394 e. The molecule has 0 aromatic carbocycles. The number of ether oxygens (including phenoxy) is 1. The minimum atomic E-state index is -1.41. The first-order valence-corrected chi connectivity index (χ1v) is 17.8. The Morgan fingerprint density at radius 1 is 0.698 bits per heavy atom. The number of amides is 2. The Hall–Kier alpha value is -1.26. The molecule has 9 nitrogen and oxygen atoms in total. The maximum Gasteiger partial charge on any atom is 0.234 e. The molecule has 9 heteroatoms. The second-order valence-electron chi connectivity index (χ2n) is 12.6. The first-order valence-electron chi connectivity index (χ1n) is 17.8. The third-order valence-corrected chi connectivity index (χ3v) is 8.79. The van der Waals surface area contributed by atoms with Crippen LogP contribution >= 0.6 is 0 Å². The molecule has 5 atom stereocenters. The van der Waals surface area contributed by atoms with Gasteiger partial charge in [0.2, 0.25) is 11.8 Å². The molecule has 1 heterocycles. The van der Waals surface area contributed by atoms with Gasteiger partial charge in [-0.1, -0.05) is 136 Å². The molecule has 0 aromatic rings. The first-order chi connectivity index (χ1) is 20.9. The van der Waals surface area contributed by atoms with Crippen molar-refractivity contribution in [1.82, 2.24) is 10.2 Å². The van der Waals surface area contributed by atoms with Gasteiger partial charge in [-0.2, -0.15) is 0 Å². The van der Waals surface area contributed by atoms with Crippen LogP contribution in [0.15, 0.2) is 0 Å². The van der Waals surface area contributed by atoms with E-state index in [1.54, 1.807) is 4.90 Å². The molecule has 1 aliphatic rings. The fourth-order valence-electron chi connectivity index (χ4n) is 6.01. The van der Waals surface area contributed by atoms with E-state index in [2.05, 4.69) is 19.2 Å². The van der Waals surface area contributed by atoms with Gasteiger partial charge in [0, 0.05) is 13.0 Å². The van der Waals surface area contributed by atoms with Gasteiger partial charge < -0.3 is 36.0 Å². The number of rotatable bonds is 27. The first kappa shape index (κ1) is 39.8. The van der Waals surface area contributed by atoms with Crippen LogP contribution in [-0.4, -0.2) is 82.3 Å². The van der Waals surface area contributed by atoms with Gasteiger partial charge in [-0.3, -0.25) is 9.59 Å². The Balaban J connectivity index is 2.68. The molecule has 0 radical (unpaired) electrons. The maximum absolute atomic E-state index is 13.6. The van der Waals surface area contributed by atoms with E-state index in [0.29, 0.717) is 13.0 Å². The van der Waals surface area contributed by atoms with Gasteiger partial charge in [-0.05, 0) is 12.8 Å². The van der Waals surface area contributed by atoms with E-state index in [4.69, 9.17) is 10.5 Å². The highest BCUT2D eigenvalue weighted by molar-refractivity contribution is 5.79. The van der Waals surface area contributed by atoms with Crippen LogP contribution in [0.5, 0.6) is 0 Å². The highest BCUT2D eigenvalue weighted by Crippen LogP contribution is 2.26. The van der Waals surface area contributed by atoms with E-state index in [1.807, 2.05) is 0 Å². The number of aliphatic hydroxyl groups excluding tert-OH is 3. The van der Waals surface area contributed by atoms with Gasteiger partial charge in [0.25, 0.3) is 0 Å². The van der Waals surface area contributed by atoms with Crippen LogP contribution in [0.25, 0.3) is 0 Å². The predicted molar refractivity (Wildman–Crippen MR) is 173 cm³/mol. The fraction of sp³-hybridized carbons (Fsp3) is 0.941. The minimum absolute atomic E-state index is 0.0934. The average Bonchev–Trinajstić information content (AvgIpc) is 3.01. The standard InChI is InChI=1S/C34H67N3O6/c1-3-5-7-9-11-13-15-16-18-20-22-24-30(40)37(25-23-21-19-17-14-12-10-8-6-4-2)34-31(36-29(39)26-35)33(42)32(41)28(27-38)43-34/h28,31-34,38,41-42H,3-27,35H2,1-2H3,(H,36,39)/t28-,31-,32-,33-,34-/m1/s1. The van der Waals surface area contributed by atoms with Gasteiger partial charge in [0.15, 0.2) is 6.23 Å². The van der Waals surface area contributed by atoms with Crippen molar-refractivity contribution >= 4 is 11.8 Å². The molecule has 0 unspecified atom stereocenters. The molecular formula is C34H67N3O6. The summed E-state index contributed by atoms with van der Waals surface area (Å²) in [6.07, 6.45) is 20.3. The molecular weight excluding hydrogens is 546 g/mol. The van der Waals surface area contributed by atoms with Gasteiger partial charge >= 0.3 is 0 Å². The molecule has 1 fully saturated rings. The maximum atomic E-state index is 13.6. The summed E-state index contributed by atoms with van der Waals surface area (Å²) in [4.78, 5) is 27.4. The van der Waals surface area contributed by atoms with Crippen molar-refractivity contribution in [3.8, 4) is 0 Å².